The Morgan fingerprint density at radius 2 is 2.04 bits per heavy atom. The second-order valence-electron chi connectivity index (χ2n) is 8.58. The van der Waals surface area contributed by atoms with Crippen LogP contribution in [0, 0.1) is 5.41 Å². The lowest BCUT2D eigenvalue weighted by atomic mass is 9.86. The molecule has 1 N–H and O–H groups in total. The Bertz CT molecular complexity index is 640. The number of hydrogen-bond donors (Lipinski definition) is 1. The van der Waals surface area contributed by atoms with E-state index in [1.807, 2.05) is 16.2 Å². The molecule has 6 heteroatoms. The van der Waals surface area contributed by atoms with Gasteiger partial charge in [-0.25, -0.2) is 4.98 Å². The van der Waals surface area contributed by atoms with E-state index in [-0.39, 0.29) is 5.41 Å². The zero-order chi connectivity index (χ0) is 17.6. The molecule has 2 saturated heterocycles. The molecule has 0 spiro atoms. The fourth-order valence-corrected chi connectivity index (χ4v) is 5.51. The van der Waals surface area contributed by atoms with Crippen LogP contribution in [0.2, 0.25) is 0 Å². The van der Waals surface area contributed by atoms with Gasteiger partial charge in [0.1, 0.15) is 0 Å². The van der Waals surface area contributed by atoms with E-state index >= 15 is 0 Å². The predicted octanol–water partition coefficient (Wildman–Crippen LogP) is 2.79. The molecule has 3 aliphatic heterocycles. The summed E-state index contributed by atoms with van der Waals surface area (Å²) in [5.41, 5.74) is 1.33. The van der Waals surface area contributed by atoms with Crippen LogP contribution in [0.15, 0.2) is 0 Å². The predicted molar refractivity (Wildman–Crippen MR) is 102 cm³/mol. The van der Waals surface area contributed by atoms with Crippen molar-refractivity contribution in [3.8, 4) is 0 Å². The summed E-state index contributed by atoms with van der Waals surface area (Å²) in [5, 5.41) is 4.74. The Balaban J connectivity index is 1.47. The molecule has 0 aromatic carbocycles. The highest BCUT2D eigenvalue weighted by Gasteiger charge is 2.39. The molecule has 2 unspecified atom stereocenters. The average molecular weight is 363 g/mol. The second-order valence-corrected chi connectivity index (χ2v) is 9.64. The molecule has 5 nitrogen and oxygen atoms in total. The number of nitrogens with zero attached hydrogens (tertiary/aromatic N) is 3. The SMILES string of the molecule is CCC(C)(C)CC(=O)N1CCc2nc(N3C4CCC3CNC4)sc2C1. The lowest BCUT2D eigenvalue weighted by Crippen LogP contribution is -2.51. The molecular weight excluding hydrogens is 332 g/mol. The minimum Gasteiger partial charge on any atom is -0.340 e. The van der Waals surface area contributed by atoms with Crippen molar-refractivity contribution in [3.63, 3.8) is 0 Å². The maximum atomic E-state index is 12.7. The van der Waals surface area contributed by atoms with Gasteiger partial charge in [-0.2, -0.15) is 0 Å². The Morgan fingerprint density at radius 1 is 1.32 bits per heavy atom. The number of nitrogens with one attached hydrogen (secondary N) is 1. The normalized spacial score (nSPS) is 26.0. The summed E-state index contributed by atoms with van der Waals surface area (Å²) in [6, 6.07) is 1.21. The molecule has 2 bridgehead atoms. The Hall–Kier alpha value is -1.14. The standard InChI is InChI=1S/C19H30N4OS/c1-4-19(2,3)9-17(24)22-8-7-15-16(12-22)25-18(21-15)23-13-5-6-14(23)11-20-10-13/h13-14,20H,4-12H2,1-3H3. The number of carbonyl (C=O) groups is 1. The molecule has 0 aliphatic carbocycles. The number of piperazine rings is 1. The van der Waals surface area contributed by atoms with Crippen molar-refractivity contribution in [3.05, 3.63) is 10.6 Å². The van der Waals surface area contributed by atoms with Crippen molar-refractivity contribution in [2.75, 3.05) is 24.5 Å². The minimum absolute atomic E-state index is 0.0935. The lowest BCUT2D eigenvalue weighted by Gasteiger charge is -2.35. The van der Waals surface area contributed by atoms with Crippen molar-refractivity contribution >= 4 is 22.4 Å². The third kappa shape index (κ3) is 3.31. The molecular formula is C19H30N4OS. The van der Waals surface area contributed by atoms with Crippen LogP contribution in [0.1, 0.15) is 57.0 Å². The minimum atomic E-state index is 0.0935. The summed E-state index contributed by atoms with van der Waals surface area (Å²) in [7, 11) is 0. The molecule has 3 aliphatic rings. The third-order valence-corrected chi connectivity index (χ3v) is 7.36. The molecule has 4 rings (SSSR count). The second kappa shape index (κ2) is 6.54. The fourth-order valence-electron chi connectivity index (χ4n) is 4.24. The van der Waals surface area contributed by atoms with Crippen molar-refractivity contribution in [1.82, 2.24) is 15.2 Å². The van der Waals surface area contributed by atoms with Crippen LogP contribution < -0.4 is 10.2 Å². The van der Waals surface area contributed by atoms with E-state index < -0.39 is 0 Å². The largest absolute Gasteiger partial charge is 0.340 e. The quantitative estimate of drug-likeness (QED) is 0.895. The molecule has 2 atom stereocenters. The van der Waals surface area contributed by atoms with E-state index in [0.29, 0.717) is 24.4 Å². The number of carbonyl (C=O) groups excluding carboxylic acids is 1. The molecule has 138 valence electrons. The van der Waals surface area contributed by atoms with Crippen LogP contribution in [0.3, 0.4) is 0 Å². The van der Waals surface area contributed by atoms with E-state index in [1.165, 1.54) is 28.5 Å². The summed E-state index contributed by atoms with van der Waals surface area (Å²) in [5.74, 6) is 0.301. The summed E-state index contributed by atoms with van der Waals surface area (Å²) in [6.45, 7) is 10.3. The fraction of sp³-hybridized carbons (Fsp3) is 0.789. The van der Waals surface area contributed by atoms with Crippen LogP contribution in [0.4, 0.5) is 5.13 Å². The van der Waals surface area contributed by atoms with Crippen LogP contribution in [0.25, 0.3) is 0 Å². The topological polar surface area (TPSA) is 48.5 Å². The van der Waals surface area contributed by atoms with E-state index in [9.17, 15) is 4.79 Å². The zero-order valence-electron chi connectivity index (χ0n) is 15.7. The van der Waals surface area contributed by atoms with E-state index in [4.69, 9.17) is 4.98 Å². The first-order valence-electron chi connectivity index (χ1n) is 9.72. The van der Waals surface area contributed by atoms with Crippen molar-refractivity contribution < 1.29 is 4.79 Å². The Labute approximate surface area is 154 Å². The summed E-state index contributed by atoms with van der Waals surface area (Å²) >= 11 is 1.83. The molecule has 2 fully saturated rings. The Morgan fingerprint density at radius 3 is 2.72 bits per heavy atom. The maximum Gasteiger partial charge on any atom is 0.223 e. The first kappa shape index (κ1) is 17.3. The highest BCUT2D eigenvalue weighted by Crippen LogP contribution is 2.38. The van der Waals surface area contributed by atoms with E-state index in [0.717, 1.165) is 39.0 Å². The number of fused-ring (bicyclic) bond motifs is 3. The number of amides is 1. The van der Waals surface area contributed by atoms with Crippen molar-refractivity contribution in [1.29, 1.82) is 0 Å². The van der Waals surface area contributed by atoms with Gasteiger partial charge in [0.2, 0.25) is 5.91 Å². The highest BCUT2D eigenvalue weighted by atomic mass is 32.1. The van der Waals surface area contributed by atoms with Gasteiger partial charge in [-0.1, -0.05) is 38.5 Å². The molecule has 1 aromatic rings. The van der Waals surface area contributed by atoms with Crippen LogP contribution in [-0.4, -0.2) is 47.5 Å². The number of aromatic nitrogens is 1. The highest BCUT2D eigenvalue weighted by molar-refractivity contribution is 7.15. The molecule has 4 heterocycles. The molecule has 0 radical (unpaired) electrons. The summed E-state index contributed by atoms with van der Waals surface area (Å²) in [6.07, 6.45) is 5.14. The molecule has 25 heavy (non-hydrogen) atoms. The van der Waals surface area contributed by atoms with Gasteiger partial charge in [-0.15, -0.1) is 0 Å². The lowest BCUT2D eigenvalue weighted by molar-refractivity contribution is -0.134. The van der Waals surface area contributed by atoms with Gasteiger partial charge in [0.15, 0.2) is 5.13 Å². The van der Waals surface area contributed by atoms with Gasteiger partial charge >= 0.3 is 0 Å². The van der Waals surface area contributed by atoms with Gasteiger partial charge in [0.25, 0.3) is 0 Å². The number of anilines is 1. The van der Waals surface area contributed by atoms with Gasteiger partial charge in [0.05, 0.1) is 12.2 Å². The van der Waals surface area contributed by atoms with Crippen LogP contribution in [0.5, 0.6) is 0 Å². The van der Waals surface area contributed by atoms with Gasteiger partial charge in [-0.3, -0.25) is 4.79 Å². The average Bonchev–Trinajstić information content (AvgIpc) is 3.11. The van der Waals surface area contributed by atoms with Gasteiger partial charge in [-0.05, 0) is 18.3 Å². The van der Waals surface area contributed by atoms with Crippen LogP contribution in [-0.2, 0) is 17.8 Å². The number of hydrogen-bond acceptors (Lipinski definition) is 5. The first-order valence-corrected chi connectivity index (χ1v) is 10.5. The van der Waals surface area contributed by atoms with E-state index in [2.05, 4.69) is 31.0 Å². The van der Waals surface area contributed by atoms with Crippen LogP contribution >= 0.6 is 11.3 Å². The summed E-state index contributed by atoms with van der Waals surface area (Å²) in [4.78, 5) is 23.6. The molecule has 1 aromatic heterocycles. The molecule has 0 saturated carbocycles. The van der Waals surface area contributed by atoms with E-state index in [1.54, 1.807) is 0 Å². The zero-order valence-corrected chi connectivity index (χ0v) is 16.5. The Kier molecular flexibility index (Phi) is 4.52. The third-order valence-electron chi connectivity index (χ3n) is 6.26. The molecule has 1 amide bonds. The number of thiazole rings is 1. The monoisotopic (exact) mass is 362 g/mol. The first-order chi connectivity index (χ1) is 12.0. The van der Waals surface area contributed by atoms with Gasteiger partial charge in [0, 0.05) is 49.4 Å². The maximum absolute atomic E-state index is 12.7. The number of rotatable bonds is 4. The smallest absolute Gasteiger partial charge is 0.223 e. The van der Waals surface area contributed by atoms with Gasteiger partial charge < -0.3 is 15.1 Å². The summed E-state index contributed by atoms with van der Waals surface area (Å²) < 4.78 is 0. The van der Waals surface area contributed by atoms with Crippen molar-refractivity contribution in [2.45, 2.75) is 71.5 Å². The van der Waals surface area contributed by atoms with Crippen molar-refractivity contribution in [2.24, 2.45) is 5.41 Å².